The van der Waals surface area contributed by atoms with E-state index in [0.29, 0.717) is 80.6 Å². The molecule has 2 aliphatic heterocycles. The number of ketones is 2. The number of carboxylic acid groups (broad SMARTS) is 5. The number of fused-ring (bicyclic) bond motifs is 5. The van der Waals surface area contributed by atoms with Crippen molar-refractivity contribution >= 4 is 137 Å². The molecule has 0 saturated carbocycles. The standard InChI is InChI=1S/C97H134IN14O32P/c1-137-88(123)64-108-46-44-107(45-47-109(65-89(124)138-2)49-51-110(50-48-108)66-90(125)139-3)63-85(119)101-42-16-43-112-92-75-21-7-6-18-70(75)62-111(80-25-9-8-22-76(80)91(92)105-106-112)86(120)37-33-73(113)20-14-52-140-55-57-142-59-60-143-58-56-141-54-39-84(118)102-77(93(126)104-79(97(133)134)23-10-12-41-99-81(115)26-13-17-68-27-31-72(98)32-28-68)34-36-82(116)100-40-11-4-5-19-74(114)61-69(94(127)128)29-35-83(117)103-78(96(131)132)24-15-53-144-145(135,136)67-71(95(129)130)30-38-87(121)122/h6-9,18,21-22,25,27-28,31-32,44-51,69,71,77-79H,4-5,10-17,19-20,23-24,26,29-30,33-43,52-67H2,1-3H3,(H,99,115)(H,100,116)(H,101,119)(H,102,118)(H,103,117)(H,104,126)(H,121,122)(H,127,128)(H,129,130)(H,131,132)(H,133,134)(H,135,136)/b46-44-,47-45-,50-48-,51-49?/t69-,71?,77?,78+,79?/m1/s1. The Labute approximate surface area is 853 Å². The zero-order chi connectivity index (χ0) is 106. The van der Waals surface area contributed by atoms with Gasteiger partial charge in [0, 0.05) is 161 Å². The fraction of sp³-hybridized carbons (Fsp3) is 0.536. The summed E-state index contributed by atoms with van der Waals surface area (Å²) >= 11 is 2.21. The molecule has 3 aromatic carbocycles. The number of esters is 3. The monoisotopic (exact) mass is 2160 g/mol. The predicted molar refractivity (Wildman–Crippen MR) is 529 cm³/mol. The fourth-order valence-electron chi connectivity index (χ4n) is 14.7. The SMILES string of the molecule is COC(=O)CN1C=CN(CC(=O)OC)/C=C\N(CC(=O)OC)/C=C\N(CC(=O)NCCCn2nnc3c2-c2ccccc2CN(C(=O)CCC(=O)CCCOCCOCCOCCOCCC(=O)NC(CCC(=O)NCCCCCC(=O)C[C@@H](CCC(=O)N[C@@H](CCCOP(=O)(O)CC(CCC(=O)O)C(=O)O)C(=O)O)C(=O)O)C(=O)NC(CCCCNC(=O)CCCc2ccc(I)cc2)C(=O)O)c2ccccc2-3)/C=C\1. The van der Waals surface area contributed by atoms with Crippen molar-refractivity contribution < 1.29 is 154 Å². The van der Waals surface area contributed by atoms with E-state index in [2.05, 4.69) is 64.8 Å². The third kappa shape index (κ3) is 49.0. The van der Waals surface area contributed by atoms with E-state index < -0.39 is 153 Å². The molecule has 48 heteroatoms. The van der Waals surface area contributed by atoms with Crippen molar-refractivity contribution in [1.29, 1.82) is 0 Å². The number of hydrogen-bond acceptors (Lipinski definition) is 32. The lowest BCUT2D eigenvalue weighted by Gasteiger charge is -2.28. The second kappa shape index (κ2) is 67.6. The molecule has 796 valence electrons. The molecule has 1 aromatic heterocycles. The van der Waals surface area contributed by atoms with Crippen LogP contribution in [0, 0.1) is 15.4 Å². The summed E-state index contributed by atoms with van der Waals surface area (Å²) in [5.41, 5.74) is 5.19. The van der Waals surface area contributed by atoms with Gasteiger partial charge in [0.25, 0.3) is 0 Å². The molecule has 145 heavy (non-hydrogen) atoms. The lowest BCUT2D eigenvalue weighted by atomic mass is 9.94. The molecule has 12 N–H and O–H groups in total. The van der Waals surface area contributed by atoms with E-state index in [1.807, 2.05) is 72.8 Å². The van der Waals surface area contributed by atoms with Crippen molar-refractivity contribution in [3.8, 4) is 22.5 Å². The number of aromatic nitrogens is 3. The summed E-state index contributed by atoms with van der Waals surface area (Å²) in [6, 6.07) is 18.6. The summed E-state index contributed by atoms with van der Waals surface area (Å²) in [5, 5.41) is 72.9. The molecule has 6 atom stereocenters. The number of amides is 7. The molecular formula is C97H134IN14O32P. The number of Topliss-reactive ketones (excluding diaryl/α,β-unsaturated/α-hetero) is 2. The zero-order valence-corrected chi connectivity index (χ0v) is 84.8. The van der Waals surface area contributed by atoms with Crippen LogP contribution in [0.3, 0.4) is 0 Å². The zero-order valence-electron chi connectivity index (χ0n) is 81.7. The minimum atomic E-state index is -4.56. The maximum absolute atomic E-state index is 14.3. The number of para-hydroxylation sites is 1. The third-order valence-electron chi connectivity index (χ3n) is 22.7. The van der Waals surface area contributed by atoms with Crippen LogP contribution in [-0.2, 0) is 143 Å². The van der Waals surface area contributed by atoms with Crippen molar-refractivity contribution in [3.63, 3.8) is 0 Å². The summed E-state index contributed by atoms with van der Waals surface area (Å²) in [6.45, 7) is 0.989. The quantitative estimate of drug-likeness (QED) is 0.00774. The van der Waals surface area contributed by atoms with Crippen LogP contribution in [0.15, 0.2) is 122 Å². The average Bonchev–Trinajstić information content (AvgIpc) is 1.66. The number of halogens is 1. The molecule has 6 rings (SSSR count). The summed E-state index contributed by atoms with van der Waals surface area (Å²) in [5.74, 6) is -15.8. The highest BCUT2D eigenvalue weighted by Gasteiger charge is 2.35. The third-order valence-corrected chi connectivity index (χ3v) is 24.9. The second-order valence-corrected chi connectivity index (χ2v) is 37.0. The van der Waals surface area contributed by atoms with Gasteiger partial charge in [0.05, 0.1) is 110 Å². The van der Waals surface area contributed by atoms with Gasteiger partial charge in [-0.15, -0.1) is 5.10 Å². The number of carbonyl (C=O) groups excluding carboxylic acids is 12. The van der Waals surface area contributed by atoms with E-state index in [-0.39, 0.29) is 206 Å². The molecule has 4 aromatic rings. The van der Waals surface area contributed by atoms with E-state index in [9.17, 15) is 111 Å². The van der Waals surface area contributed by atoms with Gasteiger partial charge in [-0.3, -0.25) is 76.5 Å². The normalized spacial score (nSPS) is 14.4. The summed E-state index contributed by atoms with van der Waals surface area (Å²) in [4.78, 5) is 233. The Morgan fingerprint density at radius 1 is 0.428 bits per heavy atom. The Balaban J connectivity index is 0.878. The van der Waals surface area contributed by atoms with E-state index in [1.165, 1.54) is 73.2 Å². The highest BCUT2D eigenvalue weighted by atomic mass is 127. The number of anilines is 1. The van der Waals surface area contributed by atoms with Crippen LogP contribution in [0.2, 0.25) is 0 Å². The van der Waals surface area contributed by atoms with E-state index >= 15 is 0 Å². The van der Waals surface area contributed by atoms with Gasteiger partial charge in [-0.2, -0.15) is 0 Å². The van der Waals surface area contributed by atoms with Gasteiger partial charge in [0.15, 0.2) is 0 Å². The van der Waals surface area contributed by atoms with Crippen molar-refractivity contribution in [3.05, 3.63) is 137 Å². The molecule has 0 saturated heterocycles. The molecule has 0 aliphatic carbocycles. The fourth-order valence-corrected chi connectivity index (χ4v) is 16.5. The van der Waals surface area contributed by atoms with Gasteiger partial charge in [-0.25, -0.2) is 14.3 Å². The van der Waals surface area contributed by atoms with Crippen LogP contribution >= 0.6 is 30.2 Å². The molecule has 7 amide bonds. The van der Waals surface area contributed by atoms with Gasteiger partial charge < -0.3 is 125 Å². The second-order valence-electron chi connectivity index (χ2n) is 33.9. The molecule has 4 unspecified atom stereocenters. The number of methoxy groups -OCH3 is 3. The number of carbonyl (C=O) groups is 17. The molecule has 2 aliphatic rings. The smallest absolute Gasteiger partial charge is 0.328 e. The van der Waals surface area contributed by atoms with Crippen molar-refractivity contribution in [1.82, 2.24) is 66.5 Å². The number of carboxylic acids is 5. The molecule has 0 radical (unpaired) electrons. The van der Waals surface area contributed by atoms with Gasteiger partial charge in [-0.1, -0.05) is 66.2 Å². The van der Waals surface area contributed by atoms with Crippen LogP contribution in [0.5, 0.6) is 0 Å². The lowest BCUT2D eigenvalue weighted by Crippen LogP contribution is -2.52. The minimum absolute atomic E-state index is 0.00294. The van der Waals surface area contributed by atoms with Crippen LogP contribution in [-0.4, -0.2) is 317 Å². The topological polar surface area (TPSA) is 622 Å². The number of hydrogen-bond donors (Lipinski definition) is 12. The summed E-state index contributed by atoms with van der Waals surface area (Å²) in [7, 11) is -0.822. The number of nitrogens with one attached hydrogen (secondary N) is 6. The number of rotatable bonds is 72. The summed E-state index contributed by atoms with van der Waals surface area (Å²) in [6.07, 6.45) is 12.0. The first-order valence-electron chi connectivity index (χ1n) is 47.8. The molecule has 0 spiro atoms. The Morgan fingerprint density at radius 3 is 1.51 bits per heavy atom. The maximum Gasteiger partial charge on any atom is 0.328 e. The van der Waals surface area contributed by atoms with E-state index in [1.54, 1.807) is 26.9 Å². The van der Waals surface area contributed by atoms with Crippen molar-refractivity contribution in [2.24, 2.45) is 11.8 Å². The van der Waals surface area contributed by atoms with Crippen LogP contribution in [0.4, 0.5) is 5.69 Å². The lowest BCUT2D eigenvalue weighted by molar-refractivity contribution is -0.145. The maximum atomic E-state index is 14.3. The Kier molecular flexibility index (Phi) is 56.3. The van der Waals surface area contributed by atoms with Crippen molar-refractivity contribution in [2.45, 2.75) is 192 Å². The number of unbranched alkanes of at least 4 members (excludes halogenated alkanes) is 3. The Bertz CT molecular complexity index is 5050. The molecule has 0 bridgehead atoms. The Morgan fingerprint density at radius 2 is 0.924 bits per heavy atom. The van der Waals surface area contributed by atoms with Crippen molar-refractivity contribution in [2.75, 3.05) is 138 Å². The van der Waals surface area contributed by atoms with Gasteiger partial charge in [0.2, 0.25) is 41.4 Å². The highest BCUT2D eigenvalue weighted by molar-refractivity contribution is 14.1. The Hall–Kier alpha value is -12.9. The summed E-state index contributed by atoms with van der Waals surface area (Å²) < 4.78 is 57.4. The van der Waals surface area contributed by atoms with Crippen LogP contribution in [0.1, 0.15) is 165 Å². The van der Waals surface area contributed by atoms with Crippen LogP contribution < -0.4 is 36.8 Å². The predicted octanol–water partition coefficient (Wildman–Crippen LogP) is 6.16. The number of aliphatic carboxylic acids is 5. The van der Waals surface area contributed by atoms with Gasteiger partial charge in [0.1, 0.15) is 61.6 Å². The first-order chi connectivity index (χ1) is 69.5. The number of aryl methyl sites for hydroxylation is 2. The highest BCUT2D eigenvalue weighted by Crippen LogP contribution is 2.45. The number of nitrogens with zero attached hydrogens (tertiary/aromatic N) is 8. The minimum Gasteiger partial charge on any atom is -0.481 e. The number of benzene rings is 3. The average molecular weight is 2170 g/mol. The van der Waals surface area contributed by atoms with E-state index in [0.717, 1.165) is 26.7 Å². The van der Waals surface area contributed by atoms with Gasteiger partial charge in [-0.05, 0) is 142 Å². The van der Waals surface area contributed by atoms with E-state index in [4.69, 9.17) is 42.8 Å². The first-order valence-corrected chi connectivity index (χ1v) is 50.6. The first kappa shape index (κ1) is 121. The van der Waals surface area contributed by atoms with Gasteiger partial charge >= 0.3 is 55.4 Å². The molecule has 3 heterocycles. The molecule has 46 nitrogen and oxygen atoms in total. The molecular weight excluding hydrogens is 2030 g/mol. The molecule has 0 fully saturated rings. The van der Waals surface area contributed by atoms with Crippen LogP contribution in [0.25, 0.3) is 22.5 Å². The number of ether oxygens (including phenoxy) is 7. The largest absolute Gasteiger partial charge is 0.481 e.